The van der Waals surface area contributed by atoms with E-state index in [0.29, 0.717) is 38.9 Å². The molecule has 1 atom stereocenters. The first-order chi connectivity index (χ1) is 26.9. The maximum Gasteiger partial charge on any atom is 0.126 e. The lowest BCUT2D eigenvalue weighted by Gasteiger charge is -2.19. The predicted molar refractivity (Wildman–Crippen MR) is 196 cm³/mol. The average Bonchev–Trinajstić information content (AvgIpc) is 3.94. The van der Waals surface area contributed by atoms with Gasteiger partial charge in [0.15, 0.2) is 0 Å². The van der Waals surface area contributed by atoms with Gasteiger partial charge >= 0.3 is 0 Å². The molecular weight excluding hydrogens is 736 g/mol. The maximum atomic E-state index is 14.8. The number of nitrogens with one attached hydrogen (secondary N) is 3. The van der Waals surface area contributed by atoms with Gasteiger partial charge in [0.25, 0.3) is 0 Å². The van der Waals surface area contributed by atoms with Crippen LogP contribution in [0.4, 0.5) is 35.1 Å². The fraction of sp³-hybridized carbons (Fsp3) is 0.0227. The number of aliphatic imine (C=N–C) groups is 1. The van der Waals surface area contributed by atoms with Crippen LogP contribution in [0.25, 0.3) is 22.3 Å². The van der Waals surface area contributed by atoms with Gasteiger partial charge in [-0.1, -0.05) is 6.08 Å². The molecule has 0 aliphatic carbocycles. The van der Waals surface area contributed by atoms with Gasteiger partial charge < -0.3 is 15.3 Å². The molecule has 3 N–H and O–H groups in total. The largest absolute Gasteiger partial charge is 0.374 e. The van der Waals surface area contributed by atoms with Crippen LogP contribution in [0.3, 0.4) is 0 Å². The standard InChI is InChI=1S/C44H24F8N4/c45-25-9-21(10-26(46)17-25)41-33-1-2-34(53-33)42(22-11-27(47)18-28(48)12-22)36-5-6-38(55-36)44(24-15-31(51)20-32(52)16-24)40-8-7-39(56-40)43(37-4-3-35(41)54-37)23-13-29(49)19-30(50)14-23/h1-20,33,53-55H/b41-35-,42-34-,43-37-,44-40-. The van der Waals surface area contributed by atoms with E-state index < -0.39 is 52.6 Å². The number of hydrogen-bond acceptors (Lipinski definition) is 2. The first kappa shape index (κ1) is 34.8. The highest BCUT2D eigenvalue weighted by Crippen LogP contribution is 2.37. The van der Waals surface area contributed by atoms with Crippen molar-refractivity contribution in [3.8, 4) is 0 Å². The zero-order chi connectivity index (χ0) is 38.8. The molecule has 0 fully saturated rings. The van der Waals surface area contributed by atoms with Crippen LogP contribution in [-0.4, -0.2) is 21.7 Å². The number of rotatable bonds is 4. The van der Waals surface area contributed by atoms with Crippen LogP contribution in [0.5, 0.6) is 0 Å². The molecule has 12 heteroatoms. The number of hydrogen-bond donors (Lipinski definition) is 3. The molecule has 4 nitrogen and oxygen atoms in total. The molecule has 56 heavy (non-hydrogen) atoms. The van der Waals surface area contributed by atoms with E-state index in [1.165, 1.54) is 0 Å². The predicted octanol–water partition coefficient (Wildman–Crippen LogP) is 8.63. The van der Waals surface area contributed by atoms with E-state index in [-0.39, 0.29) is 44.8 Å². The number of halogens is 8. The molecule has 3 aliphatic heterocycles. The van der Waals surface area contributed by atoms with Crippen LogP contribution in [0, 0.1) is 46.5 Å². The van der Waals surface area contributed by atoms with Gasteiger partial charge in [-0.2, -0.15) is 0 Å². The fourth-order valence-electron chi connectivity index (χ4n) is 7.45. The van der Waals surface area contributed by atoms with Crippen LogP contribution < -0.4 is 16.0 Å². The molecule has 2 aromatic heterocycles. The lowest BCUT2D eigenvalue weighted by molar-refractivity contribution is 0.581. The summed E-state index contributed by atoms with van der Waals surface area (Å²) in [7, 11) is 0. The van der Waals surface area contributed by atoms with Gasteiger partial charge in [0, 0.05) is 74.3 Å². The number of aromatic amines is 2. The van der Waals surface area contributed by atoms with Gasteiger partial charge in [-0.25, -0.2) is 40.1 Å². The van der Waals surface area contributed by atoms with Crippen LogP contribution in [0.1, 0.15) is 33.6 Å². The molecule has 4 aromatic carbocycles. The maximum absolute atomic E-state index is 14.8. The molecule has 0 saturated heterocycles. The second-order valence-electron chi connectivity index (χ2n) is 13.4. The summed E-state index contributed by atoms with van der Waals surface area (Å²) in [5.74, 6) is -6.86. The SMILES string of the molecule is Fc1cc(F)cc(/C2=C3\C=CC(=N3)/C(c3cc(F)cc(F)c3)=c3/cc/c([nH]3)=C(\c3cc(F)cc(F)c3)C3C=C/C(=C(\c4cc(F)cc(F)c4)c4ccc2[nH]4)N3)c1. The van der Waals surface area contributed by atoms with Crippen LogP contribution in [0.15, 0.2) is 138 Å². The van der Waals surface area contributed by atoms with Crippen LogP contribution in [0.2, 0.25) is 0 Å². The Kier molecular flexibility index (Phi) is 8.33. The van der Waals surface area contributed by atoms with E-state index in [1.54, 1.807) is 48.6 Å². The highest BCUT2D eigenvalue weighted by molar-refractivity contribution is 6.30. The molecule has 5 heterocycles. The van der Waals surface area contributed by atoms with Gasteiger partial charge in [-0.3, -0.25) is 0 Å². The number of nitrogens with zero attached hydrogens (tertiary/aromatic N) is 1. The Bertz CT molecular complexity index is 2860. The van der Waals surface area contributed by atoms with E-state index in [1.807, 2.05) is 0 Å². The summed E-state index contributed by atoms with van der Waals surface area (Å²) in [4.78, 5) is 11.4. The highest BCUT2D eigenvalue weighted by Gasteiger charge is 2.27. The van der Waals surface area contributed by atoms with Crippen molar-refractivity contribution >= 4 is 28.0 Å². The Morgan fingerprint density at radius 2 is 0.893 bits per heavy atom. The third kappa shape index (κ3) is 6.38. The summed E-state index contributed by atoms with van der Waals surface area (Å²) >= 11 is 0. The molecular formula is C44H24F8N4. The molecule has 3 aliphatic rings. The Morgan fingerprint density at radius 3 is 1.45 bits per heavy atom. The summed E-state index contributed by atoms with van der Waals surface area (Å²) in [5.41, 5.74) is 2.98. The number of aromatic nitrogens is 2. The van der Waals surface area contributed by atoms with Crippen molar-refractivity contribution in [2.45, 2.75) is 6.04 Å². The van der Waals surface area contributed by atoms with Crippen molar-refractivity contribution in [2.24, 2.45) is 4.99 Å². The van der Waals surface area contributed by atoms with Crippen molar-refractivity contribution in [2.75, 3.05) is 0 Å². The Balaban J connectivity index is 1.41. The van der Waals surface area contributed by atoms with Gasteiger partial charge in [0.05, 0.1) is 17.5 Å². The Labute approximate surface area is 312 Å². The first-order valence-electron chi connectivity index (χ1n) is 17.2. The van der Waals surface area contributed by atoms with Crippen LogP contribution >= 0.6 is 0 Å². The highest BCUT2D eigenvalue weighted by atomic mass is 19.2. The minimum atomic E-state index is -0.866. The fourth-order valence-corrected chi connectivity index (χ4v) is 7.45. The molecule has 1 unspecified atom stereocenters. The molecule has 8 bridgehead atoms. The molecule has 276 valence electrons. The Hall–Kier alpha value is -6.95. The molecule has 6 aromatic rings. The van der Waals surface area contributed by atoms with E-state index >= 15 is 0 Å². The zero-order valence-corrected chi connectivity index (χ0v) is 28.6. The van der Waals surface area contributed by atoms with E-state index in [2.05, 4.69) is 15.3 Å². The lowest BCUT2D eigenvalue weighted by atomic mass is 9.98. The van der Waals surface area contributed by atoms with E-state index in [0.717, 1.165) is 72.8 Å². The van der Waals surface area contributed by atoms with Gasteiger partial charge in [0.2, 0.25) is 0 Å². The topological polar surface area (TPSA) is 56.0 Å². The summed E-state index contributed by atoms with van der Waals surface area (Å²) in [5, 5.41) is 4.00. The average molecular weight is 761 g/mol. The van der Waals surface area contributed by atoms with Crippen molar-refractivity contribution in [1.82, 2.24) is 15.3 Å². The molecule has 0 spiro atoms. The van der Waals surface area contributed by atoms with Gasteiger partial charge in [0.1, 0.15) is 46.5 Å². The summed E-state index contributed by atoms with van der Waals surface area (Å²) in [6.07, 6.45) is 6.51. The normalized spacial score (nSPS) is 20.8. The molecule has 0 amide bonds. The van der Waals surface area contributed by atoms with Crippen molar-refractivity contribution in [3.63, 3.8) is 0 Å². The number of fused-ring (bicyclic) bond motifs is 7. The smallest absolute Gasteiger partial charge is 0.126 e. The monoisotopic (exact) mass is 760 g/mol. The number of H-pyrrole nitrogens is 2. The minimum Gasteiger partial charge on any atom is -0.374 e. The third-order valence-corrected chi connectivity index (χ3v) is 9.60. The lowest BCUT2D eigenvalue weighted by Crippen LogP contribution is -2.30. The van der Waals surface area contributed by atoms with Crippen molar-refractivity contribution in [1.29, 1.82) is 0 Å². The summed E-state index contributed by atoms with van der Waals surface area (Å²) < 4.78 is 119. The van der Waals surface area contributed by atoms with Crippen molar-refractivity contribution in [3.05, 3.63) is 224 Å². The zero-order valence-electron chi connectivity index (χ0n) is 28.6. The van der Waals surface area contributed by atoms with Crippen LogP contribution in [-0.2, 0) is 0 Å². The third-order valence-electron chi connectivity index (χ3n) is 9.60. The molecule has 0 radical (unpaired) electrons. The van der Waals surface area contributed by atoms with E-state index in [4.69, 9.17) is 4.99 Å². The number of benzene rings is 4. The molecule has 9 rings (SSSR count). The summed E-state index contributed by atoms with van der Waals surface area (Å²) in [6, 6.07) is 17.7. The van der Waals surface area contributed by atoms with E-state index in [9.17, 15) is 35.1 Å². The quantitative estimate of drug-likeness (QED) is 0.155. The first-order valence-corrected chi connectivity index (χ1v) is 17.2. The summed E-state index contributed by atoms with van der Waals surface area (Å²) in [6.45, 7) is 0. The second-order valence-corrected chi connectivity index (χ2v) is 13.4. The minimum absolute atomic E-state index is 0.0914. The second kappa shape index (κ2) is 13.4. The van der Waals surface area contributed by atoms with Crippen molar-refractivity contribution < 1.29 is 35.1 Å². The van der Waals surface area contributed by atoms with Gasteiger partial charge in [-0.05, 0) is 113 Å². The Morgan fingerprint density at radius 1 is 0.429 bits per heavy atom. The van der Waals surface area contributed by atoms with Gasteiger partial charge in [-0.15, -0.1) is 0 Å². The molecule has 0 saturated carbocycles. The number of allylic oxidation sites excluding steroid dienone is 3.